The molecule has 0 spiro atoms. The van der Waals surface area contributed by atoms with Crippen LogP contribution in [0.4, 0.5) is 0 Å². The van der Waals surface area contributed by atoms with Gasteiger partial charge in [0, 0.05) is 53.0 Å². The van der Waals surface area contributed by atoms with Gasteiger partial charge in [0.05, 0.1) is 0 Å². The first-order valence-electron chi connectivity index (χ1n) is 6.59. The third-order valence-electron chi connectivity index (χ3n) is 3.70. The van der Waals surface area contributed by atoms with Crippen molar-refractivity contribution in [3.8, 4) is 0 Å². The monoisotopic (exact) mass is 277 g/mol. The molecule has 18 heavy (non-hydrogen) atoms. The molecule has 2 rings (SSSR count). The van der Waals surface area contributed by atoms with Crippen LogP contribution in [0.5, 0.6) is 0 Å². The van der Waals surface area contributed by atoms with Gasteiger partial charge in [-0.25, -0.2) is 0 Å². The smallest absolute Gasteiger partial charge is 0.282 e. The zero-order valence-corrected chi connectivity index (χ0v) is 11.8. The van der Waals surface area contributed by atoms with Gasteiger partial charge in [0.25, 0.3) is 10.2 Å². The Kier molecular flexibility index (Phi) is 4.97. The zero-order valence-electron chi connectivity index (χ0n) is 11.0. The van der Waals surface area contributed by atoms with Crippen LogP contribution in [0, 0.1) is 5.92 Å². The Balaban J connectivity index is 1.91. The van der Waals surface area contributed by atoms with Crippen LogP contribution in [-0.2, 0) is 14.9 Å². The number of rotatable bonds is 4. The first-order chi connectivity index (χ1) is 8.64. The maximum absolute atomic E-state index is 12.4. The van der Waals surface area contributed by atoms with Gasteiger partial charge < -0.3 is 10.1 Å². The van der Waals surface area contributed by atoms with Gasteiger partial charge in [-0.3, -0.25) is 0 Å². The lowest BCUT2D eigenvalue weighted by molar-refractivity contribution is 0.119. The highest BCUT2D eigenvalue weighted by molar-refractivity contribution is 7.86. The second kappa shape index (κ2) is 6.29. The van der Waals surface area contributed by atoms with Crippen molar-refractivity contribution in [3.05, 3.63) is 0 Å². The lowest BCUT2D eigenvalue weighted by atomic mass is 9.99. The molecule has 2 fully saturated rings. The summed E-state index contributed by atoms with van der Waals surface area (Å²) in [7, 11) is -1.54. The predicted octanol–water partition coefficient (Wildman–Crippen LogP) is -0.505. The molecule has 0 aromatic rings. The van der Waals surface area contributed by atoms with E-state index in [2.05, 4.69) is 5.32 Å². The van der Waals surface area contributed by atoms with Crippen LogP contribution in [0.2, 0.25) is 0 Å². The third-order valence-corrected chi connectivity index (χ3v) is 5.74. The molecule has 2 aliphatic heterocycles. The fourth-order valence-electron chi connectivity index (χ4n) is 2.58. The van der Waals surface area contributed by atoms with Crippen molar-refractivity contribution in [1.29, 1.82) is 0 Å². The second-order valence-corrected chi connectivity index (χ2v) is 6.88. The standard InChI is InChI=1S/C11H23N3O3S/c1-17-10-11-2-6-13(7-3-11)18(15,16)14-8-4-12-5-9-14/h11-12H,2-10H2,1H3. The molecule has 0 atom stereocenters. The van der Waals surface area contributed by atoms with Gasteiger partial charge in [0.1, 0.15) is 0 Å². The molecule has 0 aromatic carbocycles. The van der Waals surface area contributed by atoms with Crippen LogP contribution in [0.3, 0.4) is 0 Å². The van der Waals surface area contributed by atoms with Crippen LogP contribution >= 0.6 is 0 Å². The average molecular weight is 277 g/mol. The summed E-state index contributed by atoms with van der Waals surface area (Å²) >= 11 is 0. The van der Waals surface area contributed by atoms with Gasteiger partial charge in [-0.05, 0) is 18.8 Å². The number of ether oxygens (including phenoxy) is 1. The van der Waals surface area contributed by atoms with Crippen molar-refractivity contribution >= 4 is 10.2 Å². The topological polar surface area (TPSA) is 61.9 Å². The summed E-state index contributed by atoms with van der Waals surface area (Å²) in [6, 6.07) is 0. The van der Waals surface area contributed by atoms with Crippen molar-refractivity contribution in [2.75, 3.05) is 53.0 Å². The highest BCUT2D eigenvalue weighted by Gasteiger charge is 2.33. The molecule has 1 N–H and O–H groups in total. The van der Waals surface area contributed by atoms with Gasteiger partial charge in [-0.1, -0.05) is 0 Å². The zero-order chi connectivity index (χ0) is 13.0. The SMILES string of the molecule is COCC1CCN(S(=O)(=O)N2CCNCC2)CC1. The molecule has 0 aromatic heterocycles. The minimum atomic E-state index is -3.24. The molecule has 2 aliphatic rings. The molecule has 0 unspecified atom stereocenters. The number of hydrogen-bond acceptors (Lipinski definition) is 4. The first-order valence-corrected chi connectivity index (χ1v) is 7.99. The van der Waals surface area contributed by atoms with Gasteiger partial charge >= 0.3 is 0 Å². The van der Waals surface area contributed by atoms with Gasteiger partial charge in [0.15, 0.2) is 0 Å². The second-order valence-electron chi connectivity index (χ2n) is 4.95. The summed E-state index contributed by atoms with van der Waals surface area (Å²) in [6.07, 6.45) is 1.80. The lowest BCUT2D eigenvalue weighted by Crippen LogP contribution is -2.53. The van der Waals surface area contributed by atoms with E-state index in [1.807, 2.05) is 0 Å². The fourth-order valence-corrected chi connectivity index (χ4v) is 4.22. The molecule has 2 saturated heterocycles. The van der Waals surface area contributed by atoms with E-state index in [4.69, 9.17) is 4.74 Å². The highest BCUT2D eigenvalue weighted by Crippen LogP contribution is 2.21. The maximum atomic E-state index is 12.4. The molecule has 106 valence electrons. The number of piperazine rings is 1. The molecule has 0 radical (unpaired) electrons. The number of piperidine rings is 1. The maximum Gasteiger partial charge on any atom is 0.282 e. The molecular weight excluding hydrogens is 254 g/mol. The van der Waals surface area contributed by atoms with E-state index >= 15 is 0 Å². The molecule has 6 nitrogen and oxygen atoms in total. The first kappa shape index (κ1) is 14.2. The highest BCUT2D eigenvalue weighted by atomic mass is 32.2. The molecule has 2 heterocycles. The van der Waals surface area contributed by atoms with Crippen LogP contribution in [0.25, 0.3) is 0 Å². The summed E-state index contributed by atoms with van der Waals surface area (Å²) in [5.74, 6) is 0.504. The quantitative estimate of drug-likeness (QED) is 0.752. The number of hydrogen-bond donors (Lipinski definition) is 1. The van der Waals surface area contributed by atoms with Crippen molar-refractivity contribution in [2.45, 2.75) is 12.8 Å². The normalized spacial score (nSPS) is 25.4. The minimum Gasteiger partial charge on any atom is -0.384 e. The summed E-state index contributed by atoms with van der Waals surface area (Å²) < 4.78 is 33.2. The van der Waals surface area contributed by atoms with E-state index in [9.17, 15) is 8.42 Å². The van der Waals surface area contributed by atoms with Gasteiger partial charge in [-0.15, -0.1) is 0 Å². The van der Waals surface area contributed by atoms with Crippen molar-refractivity contribution in [1.82, 2.24) is 13.9 Å². The Morgan fingerprint density at radius 1 is 1.11 bits per heavy atom. The Morgan fingerprint density at radius 3 is 2.22 bits per heavy atom. The number of nitrogens with one attached hydrogen (secondary N) is 1. The Morgan fingerprint density at radius 2 is 1.67 bits per heavy atom. The molecule has 0 bridgehead atoms. The van der Waals surface area contributed by atoms with Gasteiger partial charge in [0.2, 0.25) is 0 Å². The number of nitrogens with zero attached hydrogens (tertiary/aromatic N) is 2. The van der Waals surface area contributed by atoms with Crippen molar-refractivity contribution in [2.24, 2.45) is 5.92 Å². The number of methoxy groups -OCH3 is 1. The average Bonchev–Trinajstić information content (AvgIpc) is 2.41. The molecule has 0 saturated carbocycles. The summed E-state index contributed by atoms with van der Waals surface area (Å²) in [5, 5.41) is 3.17. The fraction of sp³-hybridized carbons (Fsp3) is 1.00. The van der Waals surface area contributed by atoms with E-state index in [0.29, 0.717) is 32.1 Å². The van der Waals surface area contributed by atoms with E-state index in [1.54, 1.807) is 15.7 Å². The Hall–Kier alpha value is -0.210. The molecule has 0 amide bonds. The van der Waals surface area contributed by atoms with E-state index in [1.165, 1.54) is 0 Å². The van der Waals surface area contributed by atoms with Crippen LogP contribution in [0.15, 0.2) is 0 Å². The summed E-state index contributed by atoms with van der Waals surface area (Å²) in [5.41, 5.74) is 0. The largest absolute Gasteiger partial charge is 0.384 e. The van der Waals surface area contributed by atoms with E-state index < -0.39 is 10.2 Å². The van der Waals surface area contributed by atoms with Crippen LogP contribution in [0.1, 0.15) is 12.8 Å². The van der Waals surface area contributed by atoms with Crippen molar-refractivity contribution in [3.63, 3.8) is 0 Å². The Bertz CT molecular complexity index is 347. The van der Waals surface area contributed by atoms with Crippen LogP contribution in [-0.4, -0.2) is 70.0 Å². The minimum absolute atomic E-state index is 0.504. The Labute approximate surface area is 109 Å². The predicted molar refractivity (Wildman–Crippen MR) is 69.5 cm³/mol. The van der Waals surface area contributed by atoms with Gasteiger partial charge in [-0.2, -0.15) is 17.0 Å². The van der Waals surface area contributed by atoms with Crippen LogP contribution < -0.4 is 5.32 Å². The third kappa shape index (κ3) is 3.21. The van der Waals surface area contributed by atoms with E-state index in [0.717, 1.165) is 32.5 Å². The molecular formula is C11H23N3O3S. The summed E-state index contributed by atoms with van der Waals surface area (Å²) in [6.45, 7) is 4.65. The lowest BCUT2D eigenvalue weighted by Gasteiger charge is -2.36. The molecule has 0 aliphatic carbocycles. The van der Waals surface area contributed by atoms with E-state index in [-0.39, 0.29) is 0 Å². The summed E-state index contributed by atoms with van der Waals surface area (Å²) in [4.78, 5) is 0. The van der Waals surface area contributed by atoms with Crippen molar-refractivity contribution < 1.29 is 13.2 Å². The molecule has 7 heteroatoms.